The Morgan fingerprint density at radius 1 is 1.19 bits per heavy atom. The molecule has 6 heteroatoms. The zero-order valence-electron chi connectivity index (χ0n) is 18.8. The van der Waals surface area contributed by atoms with E-state index in [1.54, 1.807) is 14.0 Å². The molecule has 1 unspecified atom stereocenters. The highest BCUT2D eigenvalue weighted by atomic mass is 16.9. The van der Waals surface area contributed by atoms with E-state index in [2.05, 4.69) is 13.0 Å². The number of aryl methyl sites for hydroxylation is 1. The summed E-state index contributed by atoms with van der Waals surface area (Å²) in [6.45, 7) is 4.07. The average molecular weight is 429 g/mol. The van der Waals surface area contributed by atoms with Crippen LogP contribution < -0.4 is 0 Å². The van der Waals surface area contributed by atoms with Gasteiger partial charge in [-0.3, -0.25) is 0 Å². The molecule has 1 aromatic rings. The first-order chi connectivity index (χ1) is 14.7. The third-order valence-electron chi connectivity index (χ3n) is 8.70. The Kier molecular flexibility index (Phi) is 4.69. The normalized spacial score (nSPS) is 42.1. The first-order valence-electron chi connectivity index (χ1n) is 11.3. The highest BCUT2D eigenvalue weighted by Crippen LogP contribution is 2.69. The van der Waals surface area contributed by atoms with Crippen molar-refractivity contribution in [2.75, 3.05) is 14.2 Å². The Hall–Kier alpha value is -2.05. The van der Waals surface area contributed by atoms with Crippen LogP contribution in [0.1, 0.15) is 63.0 Å². The summed E-state index contributed by atoms with van der Waals surface area (Å²) in [4.78, 5) is 12.2. The number of hydrogen-bond donors (Lipinski definition) is 1. The van der Waals surface area contributed by atoms with Crippen LogP contribution in [0.4, 0.5) is 0 Å². The van der Waals surface area contributed by atoms with E-state index in [9.17, 15) is 9.90 Å². The molecule has 2 saturated carbocycles. The van der Waals surface area contributed by atoms with Gasteiger partial charge >= 0.3 is 11.9 Å². The number of carbonyl (C=O) groups is 1. The molecule has 1 aliphatic heterocycles. The van der Waals surface area contributed by atoms with Gasteiger partial charge in [-0.05, 0) is 79.5 Å². The molecule has 1 saturated heterocycles. The van der Waals surface area contributed by atoms with Gasteiger partial charge in [0.1, 0.15) is 17.1 Å². The number of rotatable bonds is 2. The van der Waals surface area contributed by atoms with E-state index in [4.69, 9.17) is 18.9 Å². The smallest absolute Gasteiger partial charge is 0.333 e. The number of benzene rings is 1. The highest BCUT2D eigenvalue weighted by Gasteiger charge is 2.70. The fourth-order valence-corrected chi connectivity index (χ4v) is 7.20. The first-order valence-corrected chi connectivity index (χ1v) is 11.3. The van der Waals surface area contributed by atoms with Crippen molar-refractivity contribution in [1.29, 1.82) is 0 Å². The molecule has 1 spiro atoms. The van der Waals surface area contributed by atoms with Gasteiger partial charge in [-0.25, -0.2) is 4.79 Å². The van der Waals surface area contributed by atoms with E-state index in [1.165, 1.54) is 24.3 Å². The molecule has 3 fully saturated rings. The number of fused-ring (bicyclic) bond motifs is 6. The van der Waals surface area contributed by atoms with Crippen molar-refractivity contribution >= 4 is 5.97 Å². The third-order valence-corrected chi connectivity index (χ3v) is 8.70. The van der Waals surface area contributed by atoms with Gasteiger partial charge < -0.3 is 24.1 Å². The lowest BCUT2D eigenvalue weighted by Crippen LogP contribution is -2.52. The van der Waals surface area contributed by atoms with Crippen molar-refractivity contribution in [1.82, 2.24) is 0 Å². The van der Waals surface area contributed by atoms with Gasteiger partial charge in [-0.2, -0.15) is 0 Å². The van der Waals surface area contributed by atoms with E-state index in [1.807, 2.05) is 12.1 Å². The number of esters is 1. The van der Waals surface area contributed by atoms with Crippen molar-refractivity contribution in [3.8, 4) is 5.75 Å². The van der Waals surface area contributed by atoms with Crippen LogP contribution in [0.5, 0.6) is 5.75 Å². The zero-order chi connectivity index (χ0) is 22.0. The molecule has 6 atom stereocenters. The molecule has 0 bridgehead atoms. The monoisotopic (exact) mass is 428 g/mol. The lowest BCUT2D eigenvalue weighted by atomic mass is 9.53. The summed E-state index contributed by atoms with van der Waals surface area (Å²) in [6, 6.07) is 5.87. The lowest BCUT2D eigenvalue weighted by Gasteiger charge is -2.53. The van der Waals surface area contributed by atoms with Gasteiger partial charge in [0, 0.05) is 19.4 Å². The molecule has 31 heavy (non-hydrogen) atoms. The number of aromatic hydroxyl groups is 1. The van der Waals surface area contributed by atoms with Gasteiger partial charge in [-0.15, -0.1) is 0 Å². The average Bonchev–Trinajstić information content (AvgIpc) is 3.22. The van der Waals surface area contributed by atoms with Crippen LogP contribution in [0.15, 0.2) is 30.0 Å². The molecule has 4 aliphatic rings. The molecule has 0 amide bonds. The summed E-state index contributed by atoms with van der Waals surface area (Å²) in [7, 11) is 2.94. The van der Waals surface area contributed by atoms with Gasteiger partial charge in [0.2, 0.25) is 0 Å². The summed E-state index contributed by atoms with van der Waals surface area (Å²) in [5, 5.41) is 9.92. The quantitative estimate of drug-likeness (QED) is 0.556. The van der Waals surface area contributed by atoms with Crippen LogP contribution in [0.2, 0.25) is 0 Å². The second kappa shape index (κ2) is 6.97. The standard InChI is InChI=1S/C25H32O6/c1-23-11-9-18-17-8-6-16(26)13-15(17)5-7-19(18)20(23)10-12-25(23)21(14-22(27)28-3)30-24(2,29-4)31-25/h6,8,13-14,18-20,26H,5,7,9-12H2,1-4H3/b21-14+/t18-,19-,20+,23+,24?,25+/m1/s1. The summed E-state index contributed by atoms with van der Waals surface area (Å²) in [6.07, 6.45) is 7.38. The minimum atomic E-state index is -1.22. The summed E-state index contributed by atoms with van der Waals surface area (Å²) >= 11 is 0. The van der Waals surface area contributed by atoms with Crippen LogP contribution >= 0.6 is 0 Å². The molecule has 0 radical (unpaired) electrons. The molecular formula is C25H32O6. The molecule has 6 nitrogen and oxygen atoms in total. The van der Waals surface area contributed by atoms with Crippen LogP contribution in [-0.4, -0.2) is 36.9 Å². The maximum absolute atomic E-state index is 12.2. The number of ether oxygens (including phenoxy) is 4. The van der Waals surface area contributed by atoms with E-state index < -0.39 is 17.5 Å². The third kappa shape index (κ3) is 2.87. The van der Waals surface area contributed by atoms with Gasteiger partial charge in [0.15, 0.2) is 0 Å². The van der Waals surface area contributed by atoms with Crippen molar-refractivity contribution in [2.24, 2.45) is 17.3 Å². The summed E-state index contributed by atoms with van der Waals surface area (Å²) in [5.74, 6) is 0.737. The van der Waals surface area contributed by atoms with E-state index in [0.29, 0.717) is 29.3 Å². The predicted octanol–water partition coefficient (Wildman–Crippen LogP) is 4.41. The fraction of sp³-hybridized carbons (Fsp3) is 0.640. The van der Waals surface area contributed by atoms with Crippen molar-refractivity contribution in [2.45, 2.75) is 69.9 Å². The van der Waals surface area contributed by atoms with E-state index in [-0.39, 0.29) is 5.41 Å². The number of carbonyl (C=O) groups excluding carboxylic acids is 1. The molecule has 0 aromatic heterocycles. The molecule has 168 valence electrons. The molecular weight excluding hydrogens is 396 g/mol. The van der Waals surface area contributed by atoms with Gasteiger partial charge in [0.05, 0.1) is 13.2 Å². The molecule has 3 aliphatic carbocycles. The van der Waals surface area contributed by atoms with Crippen molar-refractivity contribution < 1.29 is 28.8 Å². The van der Waals surface area contributed by atoms with Gasteiger partial charge in [0.25, 0.3) is 0 Å². The Balaban J connectivity index is 1.53. The Labute approximate surface area is 183 Å². The minimum absolute atomic E-state index is 0.168. The minimum Gasteiger partial charge on any atom is -0.508 e. The van der Waals surface area contributed by atoms with E-state index in [0.717, 1.165) is 38.5 Å². The van der Waals surface area contributed by atoms with Crippen LogP contribution in [0.3, 0.4) is 0 Å². The molecule has 5 rings (SSSR count). The SMILES string of the molecule is COC(=O)/C=C1/OC(C)(OC)O[C@@]12CC[C@H]1[C@@H]3CCc4cc(O)ccc4[C@H]3CC[C@@]12C. The van der Waals surface area contributed by atoms with E-state index >= 15 is 0 Å². The largest absolute Gasteiger partial charge is 0.508 e. The summed E-state index contributed by atoms with van der Waals surface area (Å²) < 4.78 is 23.2. The number of methoxy groups -OCH3 is 2. The highest BCUT2D eigenvalue weighted by molar-refractivity contribution is 5.82. The van der Waals surface area contributed by atoms with Crippen LogP contribution in [0.25, 0.3) is 0 Å². The Morgan fingerprint density at radius 3 is 2.74 bits per heavy atom. The predicted molar refractivity (Wildman–Crippen MR) is 113 cm³/mol. The Morgan fingerprint density at radius 2 is 2.00 bits per heavy atom. The van der Waals surface area contributed by atoms with Crippen molar-refractivity contribution in [3.63, 3.8) is 0 Å². The van der Waals surface area contributed by atoms with Crippen molar-refractivity contribution in [3.05, 3.63) is 41.2 Å². The second-order valence-corrected chi connectivity index (χ2v) is 9.92. The second-order valence-electron chi connectivity index (χ2n) is 9.92. The Bertz CT molecular complexity index is 940. The van der Waals surface area contributed by atoms with Crippen LogP contribution in [-0.2, 0) is 30.2 Å². The maximum Gasteiger partial charge on any atom is 0.333 e. The topological polar surface area (TPSA) is 74.2 Å². The number of hydrogen-bond acceptors (Lipinski definition) is 6. The van der Waals surface area contributed by atoms with Gasteiger partial charge in [-0.1, -0.05) is 13.0 Å². The van der Waals surface area contributed by atoms with Crippen LogP contribution in [0, 0.1) is 17.3 Å². The first kappa shape index (κ1) is 20.8. The lowest BCUT2D eigenvalue weighted by molar-refractivity contribution is -0.331. The number of phenolic OH excluding ortho intramolecular Hbond substituents is 1. The molecule has 1 heterocycles. The summed E-state index contributed by atoms with van der Waals surface area (Å²) in [5.41, 5.74) is 1.82. The maximum atomic E-state index is 12.2. The molecule has 1 N–H and O–H groups in total. The number of phenols is 1. The molecule has 1 aromatic carbocycles. The fourth-order valence-electron chi connectivity index (χ4n) is 7.20. The zero-order valence-corrected chi connectivity index (χ0v) is 18.8.